The van der Waals surface area contributed by atoms with Crippen LogP contribution >= 0.6 is 15.9 Å². The molecule has 4 heterocycles. The topological polar surface area (TPSA) is 60.9 Å². The number of H-pyrrole nitrogens is 1. The third-order valence-electron chi connectivity index (χ3n) is 4.64. The lowest BCUT2D eigenvalue weighted by Gasteiger charge is -2.27. The quantitative estimate of drug-likeness (QED) is 0.748. The highest BCUT2D eigenvalue weighted by atomic mass is 79.9. The highest BCUT2D eigenvalue weighted by Crippen LogP contribution is 2.30. The van der Waals surface area contributed by atoms with Gasteiger partial charge >= 0.3 is 0 Å². The Morgan fingerprint density at radius 2 is 2.21 bits per heavy atom. The maximum Gasteiger partial charge on any atom is 0.142 e. The lowest BCUT2D eigenvalue weighted by molar-refractivity contribution is 0.682. The normalized spacial score (nSPS) is 17.6. The molecule has 7 heteroatoms. The van der Waals surface area contributed by atoms with Gasteiger partial charge in [-0.15, -0.1) is 0 Å². The highest BCUT2D eigenvalue weighted by molar-refractivity contribution is 9.10. The fraction of sp³-hybridized carbons (Fsp3) is 0.353. The van der Waals surface area contributed by atoms with Gasteiger partial charge in [-0.3, -0.25) is 0 Å². The first-order valence-electron chi connectivity index (χ1n) is 8.01. The van der Waals surface area contributed by atoms with Crippen LogP contribution in [-0.4, -0.2) is 46.1 Å². The maximum absolute atomic E-state index is 4.59. The molecule has 1 aliphatic heterocycles. The molecule has 0 radical (unpaired) electrons. The summed E-state index contributed by atoms with van der Waals surface area (Å²) in [7, 11) is 2.11. The molecule has 3 aromatic rings. The van der Waals surface area contributed by atoms with Gasteiger partial charge in [0.2, 0.25) is 0 Å². The Morgan fingerprint density at radius 3 is 3.04 bits per heavy atom. The summed E-state index contributed by atoms with van der Waals surface area (Å²) in [5, 5.41) is 1.08. The number of aromatic nitrogens is 4. The summed E-state index contributed by atoms with van der Waals surface area (Å²) < 4.78 is 1.04. The predicted octanol–water partition coefficient (Wildman–Crippen LogP) is 3.14. The monoisotopic (exact) mass is 386 g/mol. The van der Waals surface area contributed by atoms with E-state index in [0.29, 0.717) is 6.04 Å². The molecular formula is C17H19BrN6. The molecular weight excluding hydrogens is 368 g/mol. The van der Waals surface area contributed by atoms with E-state index in [2.05, 4.69) is 65.7 Å². The fourth-order valence-electron chi connectivity index (χ4n) is 3.32. The summed E-state index contributed by atoms with van der Waals surface area (Å²) in [6.45, 7) is 3.96. The molecule has 1 aliphatic rings. The molecule has 1 fully saturated rings. The maximum atomic E-state index is 4.59. The van der Waals surface area contributed by atoms with Gasteiger partial charge in [-0.2, -0.15) is 0 Å². The van der Waals surface area contributed by atoms with Crippen molar-refractivity contribution < 1.29 is 0 Å². The summed E-state index contributed by atoms with van der Waals surface area (Å²) in [5.41, 5.74) is 2.04. The number of likely N-dealkylation sites (N-methyl/N-ethyl adjacent to an activating group) is 1. The Kier molecular flexibility index (Phi) is 3.88. The van der Waals surface area contributed by atoms with Crippen molar-refractivity contribution in [3.05, 3.63) is 40.9 Å². The molecule has 1 saturated heterocycles. The van der Waals surface area contributed by atoms with Crippen molar-refractivity contribution in [3.8, 4) is 0 Å². The first-order valence-corrected chi connectivity index (χ1v) is 8.81. The van der Waals surface area contributed by atoms with Crippen LogP contribution < -0.4 is 9.80 Å². The van der Waals surface area contributed by atoms with E-state index in [-0.39, 0.29) is 0 Å². The molecule has 24 heavy (non-hydrogen) atoms. The average Bonchev–Trinajstić information content (AvgIpc) is 3.23. The molecule has 0 amide bonds. The van der Waals surface area contributed by atoms with Crippen LogP contribution in [0.4, 0.5) is 11.6 Å². The van der Waals surface area contributed by atoms with Crippen LogP contribution in [0.5, 0.6) is 0 Å². The third-order valence-corrected chi connectivity index (χ3v) is 5.22. The minimum atomic E-state index is 0.403. The molecule has 0 aliphatic carbocycles. The molecule has 0 spiro atoms. The van der Waals surface area contributed by atoms with Gasteiger partial charge < -0.3 is 14.8 Å². The molecule has 0 bridgehead atoms. The number of nitrogens with zero attached hydrogens (tertiary/aromatic N) is 5. The Labute approximate surface area is 149 Å². The van der Waals surface area contributed by atoms with Crippen molar-refractivity contribution in [1.82, 2.24) is 19.9 Å². The zero-order chi connectivity index (χ0) is 16.7. The standard InChI is InChI=1S/C17H19BrN6/c1-11-7-14(18)17(20-8-11)23(2)12-4-6-24(9-12)16-13-3-5-19-15(13)21-10-22-16/h3,5,7-8,10,12H,4,6,9H2,1-2H3,(H,19,21,22)/t12-/m1/s1. The van der Waals surface area contributed by atoms with Gasteiger partial charge in [0, 0.05) is 38.6 Å². The second-order valence-electron chi connectivity index (χ2n) is 6.25. The van der Waals surface area contributed by atoms with Crippen molar-refractivity contribution in [2.24, 2.45) is 0 Å². The van der Waals surface area contributed by atoms with Gasteiger partial charge in [0.15, 0.2) is 0 Å². The molecule has 3 aromatic heterocycles. The van der Waals surface area contributed by atoms with Crippen molar-refractivity contribution >= 4 is 38.6 Å². The number of rotatable bonds is 3. The van der Waals surface area contributed by atoms with E-state index in [1.807, 2.05) is 18.5 Å². The van der Waals surface area contributed by atoms with E-state index in [1.165, 1.54) is 0 Å². The van der Waals surface area contributed by atoms with E-state index < -0.39 is 0 Å². The number of fused-ring (bicyclic) bond motifs is 1. The molecule has 6 nitrogen and oxygen atoms in total. The van der Waals surface area contributed by atoms with Gasteiger partial charge in [0.25, 0.3) is 0 Å². The number of aromatic amines is 1. The smallest absolute Gasteiger partial charge is 0.142 e. The predicted molar refractivity (Wildman–Crippen MR) is 99.6 cm³/mol. The van der Waals surface area contributed by atoms with Crippen molar-refractivity contribution in [3.63, 3.8) is 0 Å². The molecule has 1 N–H and O–H groups in total. The minimum Gasteiger partial charge on any atom is -0.354 e. The first kappa shape index (κ1) is 15.4. The minimum absolute atomic E-state index is 0.403. The Balaban J connectivity index is 1.57. The van der Waals surface area contributed by atoms with Crippen molar-refractivity contribution in [1.29, 1.82) is 0 Å². The summed E-state index contributed by atoms with van der Waals surface area (Å²) in [5.74, 6) is 2.00. The lowest BCUT2D eigenvalue weighted by atomic mass is 10.2. The zero-order valence-electron chi connectivity index (χ0n) is 13.7. The van der Waals surface area contributed by atoms with E-state index in [0.717, 1.165) is 52.2 Å². The van der Waals surface area contributed by atoms with Crippen LogP contribution in [0.1, 0.15) is 12.0 Å². The van der Waals surface area contributed by atoms with E-state index >= 15 is 0 Å². The van der Waals surface area contributed by atoms with Crippen molar-refractivity contribution in [2.75, 3.05) is 29.9 Å². The van der Waals surface area contributed by atoms with Crippen LogP contribution in [0.25, 0.3) is 11.0 Å². The van der Waals surface area contributed by atoms with Crippen LogP contribution in [0.3, 0.4) is 0 Å². The number of anilines is 2. The number of aryl methyl sites for hydroxylation is 1. The van der Waals surface area contributed by atoms with E-state index in [9.17, 15) is 0 Å². The van der Waals surface area contributed by atoms with Gasteiger partial charge in [-0.1, -0.05) is 0 Å². The second-order valence-corrected chi connectivity index (χ2v) is 7.11. The third kappa shape index (κ3) is 2.62. The fourth-order valence-corrected chi connectivity index (χ4v) is 4.06. The Bertz CT molecular complexity index is 876. The number of nitrogens with one attached hydrogen (secondary N) is 1. The van der Waals surface area contributed by atoms with Gasteiger partial charge in [-0.25, -0.2) is 15.0 Å². The molecule has 0 unspecified atom stereocenters. The van der Waals surface area contributed by atoms with Crippen molar-refractivity contribution in [2.45, 2.75) is 19.4 Å². The zero-order valence-corrected chi connectivity index (χ0v) is 15.3. The van der Waals surface area contributed by atoms with Crippen LogP contribution in [-0.2, 0) is 0 Å². The molecule has 0 saturated carbocycles. The molecule has 0 aromatic carbocycles. The summed E-state index contributed by atoms with van der Waals surface area (Å²) >= 11 is 3.64. The lowest BCUT2D eigenvalue weighted by Crippen LogP contribution is -2.35. The second kappa shape index (κ2) is 6.05. The van der Waals surface area contributed by atoms with E-state index in [1.54, 1.807) is 6.33 Å². The largest absolute Gasteiger partial charge is 0.354 e. The Hall–Kier alpha value is -2.15. The molecule has 124 valence electrons. The van der Waals surface area contributed by atoms with Crippen LogP contribution in [0.2, 0.25) is 0 Å². The van der Waals surface area contributed by atoms with Gasteiger partial charge in [-0.05, 0) is 47.0 Å². The summed E-state index contributed by atoms with van der Waals surface area (Å²) in [6.07, 6.45) is 6.53. The molecule has 4 rings (SSSR count). The van der Waals surface area contributed by atoms with Crippen LogP contribution in [0.15, 0.2) is 35.3 Å². The number of hydrogen-bond acceptors (Lipinski definition) is 5. The summed E-state index contributed by atoms with van der Waals surface area (Å²) in [6, 6.07) is 4.56. The number of hydrogen-bond donors (Lipinski definition) is 1. The SMILES string of the molecule is Cc1cnc(N(C)[C@@H]2CCN(c3ncnc4[nH]ccc34)C2)c(Br)c1. The van der Waals surface area contributed by atoms with Crippen LogP contribution in [0, 0.1) is 6.92 Å². The average molecular weight is 387 g/mol. The molecule has 1 atom stereocenters. The van der Waals surface area contributed by atoms with Gasteiger partial charge in [0.1, 0.15) is 23.6 Å². The summed E-state index contributed by atoms with van der Waals surface area (Å²) in [4.78, 5) is 21.1. The van der Waals surface area contributed by atoms with Gasteiger partial charge in [0.05, 0.1) is 9.86 Å². The number of halogens is 1. The van der Waals surface area contributed by atoms with E-state index in [4.69, 9.17) is 0 Å². The first-order chi connectivity index (χ1) is 11.6. The Morgan fingerprint density at radius 1 is 1.33 bits per heavy atom. The highest BCUT2D eigenvalue weighted by Gasteiger charge is 2.29. The number of pyridine rings is 1.